The van der Waals surface area contributed by atoms with Crippen LogP contribution in [0, 0.1) is 5.82 Å². The highest BCUT2D eigenvalue weighted by Gasteiger charge is 2.21. The third-order valence-electron chi connectivity index (χ3n) is 3.09. The summed E-state index contributed by atoms with van der Waals surface area (Å²) in [6.45, 7) is 0.400. The van der Waals surface area contributed by atoms with Gasteiger partial charge in [0.1, 0.15) is 18.1 Å². The SMILES string of the molecule is O=C(O)CN1NN=C(c2nnc(OCCCOc3cc(F)ccc3Br)s2)N1. The van der Waals surface area contributed by atoms with E-state index >= 15 is 0 Å². The smallest absolute Gasteiger partial charge is 0.321 e. The number of amidine groups is 1. The Balaban J connectivity index is 1.40. The normalized spacial score (nSPS) is 13.6. The summed E-state index contributed by atoms with van der Waals surface area (Å²) in [5, 5.41) is 22.5. The summed E-state index contributed by atoms with van der Waals surface area (Å²) in [6, 6.07) is 4.22. The maximum absolute atomic E-state index is 13.2. The van der Waals surface area contributed by atoms with Crippen LogP contribution in [0.3, 0.4) is 0 Å². The number of aromatic nitrogens is 2. The second kappa shape index (κ2) is 8.92. The van der Waals surface area contributed by atoms with Gasteiger partial charge in [0, 0.05) is 12.5 Å². The fraction of sp³-hybridized carbons (Fsp3) is 0.286. The lowest BCUT2D eigenvalue weighted by Gasteiger charge is -2.11. The standard InChI is InChI=1S/C14H14BrFN6O4S/c15-9-3-2-8(16)6-10(9)25-4-1-5-26-14-19-18-13(27-14)12-17-21-22(20-12)7-11(23)24/h2-3,6,21H,1,4-5,7H2,(H,17,20)(H,23,24). The zero-order valence-electron chi connectivity index (χ0n) is 13.7. The van der Waals surface area contributed by atoms with Crippen molar-refractivity contribution in [1.29, 1.82) is 0 Å². The molecule has 2 aromatic rings. The third kappa shape index (κ3) is 5.48. The van der Waals surface area contributed by atoms with E-state index in [1.165, 1.54) is 17.3 Å². The first-order chi connectivity index (χ1) is 13.0. The van der Waals surface area contributed by atoms with Gasteiger partial charge in [-0.3, -0.25) is 10.2 Å². The fourth-order valence-electron chi connectivity index (χ4n) is 1.95. The molecule has 1 aliphatic heterocycles. The minimum atomic E-state index is -1.01. The van der Waals surface area contributed by atoms with E-state index in [0.717, 1.165) is 11.3 Å². The number of carboxylic acid groups (broad SMARTS) is 1. The van der Waals surface area contributed by atoms with Gasteiger partial charge in [0.05, 0.1) is 17.7 Å². The van der Waals surface area contributed by atoms with E-state index < -0.39 is 5.97 Å². The summed E-state index contributed by atoms with van der Waals surface area (Å²) in [4.78, 5) is 10.7. The number of aliphatic carboxylic acids is 1. The molecule has 0 spiro atoms. The highest BCUT2D eigenvalue weighted by Crippen LogP contribution is 2.25. The molecule has 0 fully saturated rings. The average molecular weight is 461 g/mol. The van der Waals surface area contributed by atoms with Gasteiger partial charge >= 0.3 is 5.97 Å². The van der Waals surface area contributed by atoms with E-state index in [-0.39, 0.29) is 12.4 Å². The molecule has 144 valence electrons. The Morgan fingerprint density at radius 1 is 1.33 bits per heavy atom. The van der Waals surface area contributed by atoms with Gasteiger partial charge in [0.15, 0.2) is 5.01 Å². The summed E-state index contributed by atoms with van der Waals surface area (Å²) in [5.41, 5.74) is 5.26. The Morgan fingerprint density at radius 3 is 2.96 bits per heavy atom. The Kier molecular flexibility index (Phi) is 6.36. The lowest BCUT2D eigenvalue weighted by molar-refractivity contribution is -0.139. The van der Waals surface area contributed by atoms with Gasteiger partial charge in [-0.25, -0.2) is 9.93 Å². The Bertz CT molecular complexity index is 851. The molecular formula is C14H14BrFN6O4S. The van der Waals surface area contributed by atoms with E-state index in [9.17, 15) is 9.18 Å². The van der Waals surface area contributed by atoms with Crippen molar-refractivity contribution in [2.75, 3.05) is 19.8 Å². The number of hydrazone groups is 1. The van der Waals surface area contributed by atoms with Crippen LogP contribution >= 0.6 is 27.3 Å². The molecule has 3 N–H and O–H groups in total. The molecule has 0 amide bonds. The van der Waals surface area contributed by atoms with Crippen molar-refractivity contribution >= 4 is 39.1 Å². The van der Waals surface area contributed by atoms with Crippen molar-refractivity contribution in [3.05, 3.63) is 33.5 Å². The minimum Gasteiger partial charge on any atom is -0.492 e. The van der Waals surface area contributed by atoms with E-state index in [2.05, 4.69) is 42.2 Å². The van der Waals surface area contributed by atoms with Gasteiger partial charge in [-0.1, -0.05) is 16.4 Å². The second-order valence-electron chi connectivity index (χ2n) is 5.15. The first-order valence-electron chi connectivity index (χ1n) is 7.65. The highest BCUT2D eigenvalue weighted by atomic mass is 79.9. The van der Waals surface area contributed by atoms with Crippen LogP contribution in [0.2, 0.25) is 0 Å². The number of carboxylic acids is 1. The molecule has 0 unspecified atom stereocenters. The summed E-state index contributed by atoms with van der Waals surface area (Å²) in [7, 11) is 0. The van der Waals surface area contributed by atoms with Crippen LogP contribution in [0.4, 0.5) is 4.39 Å². The maximum atomic E-state index is 13.2. The van der Waals surface area contributed by atoms with Crippen molar-refractivity contribution in [2.24, 2.45) is 5.10 Å². The number of nitrogens with one attached hydrogen (secondary N) is 2. The summed E-state index contributed by atoms with van der Waals surface area (Å²) in [6.07, 6.45) is 0.561. The van der Waals surface area contributed by atoms with Crippen LogP contribution in [0.15, 0.2) is 27.8 Å². The molecule has 1 aromatic carbocycles. The van der Waals surface area contributed by atoms with Crippen LogP contribution in [-0.4, -0.2) is 52.0 Å². The van der Waals surface area contributed by atoms with Crippen molar-refractivity contribution < 1.29 is 23.8 Å². The molecule has 0 saturated carbocycles. The Hall–Kier alpha value is -2.51. The molecule has 0 aliphatic carbocycles. The van der Waals surface area contributed by atoms with Gasteiger partial charge in [-0.2, -0.15) is 0 Å². The number of carbonyl (C=O) groups is 1. The zero-order chi connectivity index (χ0) is 19.2. The van der Waals surface area contributed by atoms with Crippen LogP contribution < -0.4 is 20.4 Å². The number of hydrogen-bond acceptors (Lipinski definition) is 10. The predicted molar refractivity (Wildman–Crippen MR) is 96.8 cm³/mol. The molecule has 1 aromatic heterocycles. The number of benzene rings is 1. The lowest BCUT2D eigenvalue weighted by atomic mass is 10.3. The quantitative estimate of drug-likeness (QED) is 0.476. The van der Waals surface area contributed by atoms with E-state index in [1.807, 2.05) is 0 Å². The lowest BCUT2D eigenvalue weighted by Crippen LogP contribution is -2.44. The monoisotopic (exact) mass is 460 g/mol. The van der Waals surface area contributed by atoms with Crippen molar-refractivity contribution in [2.45, 2.75) is 6.42 Å². The Morgan fingerprint density at radius 2 is 2.15 bits per heavy atom. The number of hydrogen-bond donors (Lipinski definition) is 3. The summed E-state index contributed by atoms with van der Waals surface area (Å²) >= 11 is 4.45. The van der Waals surface area contributed by atoms with Crippen LogP contribution in [0.5, 0.6) is 10.9 Å². The molecule has 27 heavy (non-hydrogen) atoms. The van der Waals surface area contributed by atoms with E-state index in [0.29, 0.717) is 45.9 Å². The van der Waals surface area contributed by atoms with Gasteiger partial charge < -0.3 is 14.6 Å². The third-order valence-corrected chi connectivity index (χ3v) is 4.59. The number of nitrogens with zero attached hydrogens (tertiary/aromatic N) is 4. The van der Waals surface area contributed by atoms with Crippen LogP contribution in [-0.2, 0) is 4.79 Å². The number of halogens is 2. The van der Waals surface area contributed by atoms with Gasteiger partial charge in [-0.05, 0) is 28.1 Å². The maximum Gasteiger partial charge on any atom is 0.321 e. The fourth-order valence-corrected chi connectivity index (χ4v) is 2.97. The molecule has 10 nitrogen and oxygen atoms in total. The molecule has 3 rings (SSSR count). The van der Waals surface area contributed by atoms with Crippen LogP contribution in [0.1, 0.15) is 11.4 Å². The first kappa shape index (κ1) is 19.3. The topological polar surface area (TPSA) is 121 Å². The first-order valence-corrected chi connectivity index (χ1v) is 9.26. The summed E-state index contributed by atoms with van der Waals surface area (Å²) in [5.74, 6) is -0.606. The average Bonchev–Trinajstić information content (AvgIpc) is 3.26. The number of ether oxygens (including phenoxy) is 2. The summed E-state index contributed by atoms with van der Waals surface area (Å²) < 4.78 is 24.8. The molecule has 2 heterocycles. The minimum absolute atomic E-state index is 0.281. The van der Waals surface area contributed by atoms with Crippen molar-refractivity contribution in [1.82, 2.24) is 26.3 Å². The predicted octanol–water partition coefficient (Wildman–Crippen LogP) is 1.36. The molecule has 0 bridgehead atoms. The number of rotatable bonds is 9. The molecule has 0 radical (unpaired) electrons. The Labute approximate surface area is 165 Å². The largest absolute Gasteiger partial charge is 0.492 e. The van der Waals surface area contributed by atoms with Crippen LogP contribution in [0.25, 0.3) is 0 Å². The molecule has 13 heteroatoms. The number of hydrazine groups is 2. The zero-order valence-corrected chi connectivity index (χ0v) is 16.1. The molecular weight excluding hydrogens is 447 g/mol. The van der Waals surface area contributed by atoms with E-state index in [1.54, 1.807) is 6.07 Å². The van der Waals surface area contributed by atoms with E-state index in [4.69, 9.17) is 14.6 Å². The van der Waals surface area contributed by atoms with Gasteiger partial charge in [0.2, 0.25) is 5.84 Å². The van der Waals surface area contributed by atoms with Crippen molar-refractivity contribution in [3.63, 3.8) is 0 Å². The van der Waals surface area contributed by atoms with Crippen molar-refractivity contribution in [3.8, 4) is 10.9 Å². The van der Waals surface area contributed by atoms with Gasteiger partial charge in [-0.15, -0.1) is 15.3 Å². The molecule has 0 saturated heterocycles. The highest BCUT2D eigenvalue weighted by molar-refractivity contribution is 9.10. The molecule has 0 atom stereocenters. The second-order valence-corrected chi connectivity index (χ2v) is 6.94. The van der Waals surface area contributed by atoms with Gasteiger partial charge in [0.25, 0.3) is 5.19 Å². The molecule has 1 aliphatic rings.